The molecule has 0 aromatic rings. The van der Waals surface area contributed by atoms with Crippen molar-refractivity contribution in [2.45, 2.75) is 32.6 Å². The van der Waals surface area contributed by atoms with Crippen LogP contribution in [0.3, 0.4) is 0 Å². The van der Waals surface area contributed by atoms with Crippen molar-refractivity contribution in [3.63, 3.8) is 0 Å². The minimum Gasteiger partial charge on any atom is -0.316 e. The van der Waals surface area contributed by atoms with Crippen molar-refractivity contribution in [1.29, 1.82) is 0 Å². The summed E-state index contributed by atoms with van der Waals surface area (Å²) < 4.78 is 0. The van der Waals surface area contributed by atoms with E-state index in [1.54, 1.807) is 0 Å². The Morgan fingerprint density at radius 2 is 2.15 bits per heavy atom. The molecule has 1 heterocycles. The molecule has 13 heavy (non-hydrogen) atoms. The molecule has 0 radical (unpaired) electrons. The average Bonchev–Trinajstić information content (AvgIpc) is 2.43. The first-order valence-corrected chi connectivity index (χ1v) is 5.51. The van der Waals surface area contributed by atoms with Gasteiger partial charge in [0.15, 0.2) is 0 Å². The molecule has 2 atom stereocenters. The van der Waals surface area contributed by atoms with Crippen LogP contribution in [-0.2, 0) is 4.79 Å². The topological polar surface area (TPSA) is 29.1 Å². The number of carbonyl (C=O) groups is 1. The van der Waals surface area contributed by atoms with Crippen molar-refractivity contribution in [3.05, 3.63) is 0 Å². The van der Waals surface area contributed by atoms with Gasteiger partial charge in [-0.3, -0.25) is 4.79 Å². The maximum absolute atomic E-state index is 11.8. The fourth-order valence-electron chi connectivity index (χ4n) is 2.37. The molecule has 0 amide bonds. The van der Waals surface area contributed by atoms with Gasteiger partial charge in [0.2, 0.25) is 0 Å². The van der Waals surface area contributed by atoms with Gasteiger partial charge in [-0.15, -0.1) is 0 Å². The summed E-state index contributed by atoms with van der Waals surface area (Å²) in [5, 5.41) is 3.29. The first-order chi connectivity index (χ1) is 6.27. The largest absolute Gasteiger partial charge is 0.316 e. The van der Waals surface area contributed by atoms with Crippen LogP contribution in [0.2, 0.25) is 0 Å². The highest BCUT2D eigenvalue weighted by molar-refractivity contribution is 5.82. The van der Waals surface area contributed by atoms with E-state index in [1.165, 1.54) is 19.3 Å². The van der Waals surface area contributed by atoms with Gasteiger partial charge in [0.1, 0.15) is 5.78 Å². The Morgan fingerprint density at radius 1 is 1.38 bits per heavy atom. The lowest BCUT2D eigenvalue weighted by atomic mass is 9.78. The van der Waals surface area contributed by atoms with Crippen molar-refractivity contribution in [1.82, 2.24) is 5.32 Å². The van der Waals surface area contributed by atoms with E-state index in [2.05, 4.69) is 12.2 Å². The molecule has 2 rings (SSSR count). The third kappa shape index (κ3) is 1.93. The van der Waals surface area contributed by atoms with Crippen LogP contribution in [0.25, 0.3) is 0 Å². The van der Waals surface area contributed by atoms with Crippen molar-refractivity contribution < 1.29 is 4.79 Å². The van der Waals surface area contributed by atoms with Gasteiger partial charge in [-0.25, -0.2) is 0 Å². The second-order valence-electron chi connectivity index (χ2n) is 4.71. The molecule has 0 aromatic heterocycles. The lowest BCUT2D eigenvalue weighted by molar-refractivity contribution is -0.124. The third-order valence-electron chi connectivity index (χ3n) is 3.65. The van der Waals surface area contributed by atoms with Crippen LogP contribution >= 0.6 is 0 Å². The van der Waals surface area contributed by atoms with Crippen molar-refractivity contribution in [2.24, 2.45) is 17.8 Å². The smallest absolute Gasteiger partial charge is 0.137 e. The minimum absolute atomic E-state index is 0.320. The average molecular weight is 181 g/mol. The zero-order valence-corrected chi connectivity index (χ0v) is 8.38. The number of hydrogen-bond acceptors (Lipinski definition) is 2. The zero-order valence-electron chi connectivity index (χ0n) is 8.38. The summed E-state index contributed by atoms with van der Waals surface area (Å²) in [5.74, 6) is 2.13. The Kier molecular flexibility index (Phi) is 2.68. The van der Waals surface area contributed by atoms with E-state index in [0.717, 1.165) is 25.4 Å². The van der Waals surface area contributed by atoms with Gasteiger partial charge in [-0.1, -0.05) is 26.2 Å². The molecule has 2 unspecified atom stereocenters. The molecule has 1 N–H and O–H groups in total. The van der Waals surface area contributed by atoms with Gasteiger partial charge in [-0.2, -0.15) is 0 Å². The lowest BCUT2D eigenvalue weighted by Gasteiger charge is -2.26. The molecule has 0 spiro atoms. The fraction of sp³-hybridized carbons (Fsp3) is 0.909. The lowest BCUT2D eigenvalue weighted by Crippen LogP contribution is -2.25. The molecular weight excluding hydrogens is 162 g/mol. The normalized spacial score (nSPS) is 34.5. The van der Waals surface area contributed by atoms with E-state index in [9.17, 15) is 4.79 Å². The Balaban J connectivity index is 1.81. The Hall–Kier alpha value is -0.370. The first-order valence-electron chi connectivity index (χ1n) is 5.51. The quantitative estimate of drug-likeness (QED) is 0.716. The molecule has 0 bridgehead atoms. The monoisotopic (exact) mass is 181 g/mol. The summed E-state index contributed by atoms with van der Waals surface area (Å²) >= 11 is 0. The molecule has 2 nitrogen and oxygen atoms in total. The molecule has 2 heteroatoms. The molecule has 0 aromatic carbocycles. The summed E-state index contributed by atoms with van der Waals surface area (Å²) in [6, 6.07) is 0. The van der Waals surface area contributed by atoms with E-state index >= 15 is 0 Å². The molecular formula is C11H19NO. The second kappa shape index (κ2) is 3.79. The number of hydrogen-bond donors (Lipinski definition) is 1. The Bertz CT molecular complexity index is 198. The highest BCUT2D eigenvalue weighted by Gasteiger charge is 2.31. The van der Waals surface area contributed by atoms with Crippen LogP contribution < -0.4 is 5.32 Å². The highest BCUT2D eigenvalue weighted by atomic mass is 16.1. The maximum atomic E-state index is 11.8. The molecule has 2 fully saturated rings. The van der Waals surface area contributed by atoms with Gasteiger partial charge < -0.3 is 5.32 Å². The number of carbonyl (C=O) groups excluding carboxylic acids is 1. The Morgan fingerprint density at radius 3 is 2.62 bits per heavy atom. The summed E-state index contributed by atoms with van der Waals surface area (Å²) in [4.78, 5) is 11.8. The molecule has 1 aliphatic heterocycles. The number of nitrogens with one attached hydrogen (secondary N) is 1. The second-order valence-corrected chi connectivity index (χ2v) is 4.71. The van der Waals surface area contributed by atoms with Crippen molar-refractivity contribution in [3.8, 4) is 0 Å². The van der Waals surface area contributed by atoms with Crippen LogP contribution in [-0.4, -0.2) is 18.9 Å². The zero-order chi connectivity index (χ0) is 9.26. The Labute approximate surface area is 80.1 Å². The van der Waals surface area contributed by atoms with Crippen LogP contribution in [0.4, 0.5) is 0 Å². The molecule has 1 aliphatic carbocycles. The van der Waals surface area contributed by atoms with Crippen LogP contribution in [0.5, 0.6) is 0 Å². The highest BCUT2D eigenvalue weighted by Crippen LogP contribution is 2.31. The van der Waals surface area contributed by atoms with Crippen LogP contribution in [0, 0.1) is 17.8 Å². The third-order valence-corrected chi connectivity index (χ3v) is 3.65. The van der Waals surface area contributed by atoms with Crippen molar-refractivity contribution >= 4 is 5.78 Å². The predicted molar refractivity (Wildman–Crippen MR) is 52.5 cm³/mol. The number of ketones is 1. The number of Topliss-reactive ketones (excluding diaryl/α,β-unsaturated/α-hetero) is 1. The first kappa shape index (κ1) is 9.20. The predicted octanol–water partition coefficient (Wildman–Crippen LogP) is 1.60. The van der Waals surface area contributed by atoms with Gasteiger partial charge in [0.05, 0.1) is 0 Å². The molecule has 2 aliphatic rings. The molecule has 1 saturated carbocycles. The fourth-order valence-corrected chi connectivity index (χ4v) is 2.37. The van der Waals surface area contributed by atoms with Gasteiger partial charge in [0, 0.05) is 18.9 Å². The van der Waals surface area contributed by atoms with Crippen LogP contribution in [0.15, 0.2) is 0 Å². The van der Waals surface area contributed by atoms with E-state index < -0.39 is 0 Å². The standard InChI is InChI=1S/C11H19NO/c1-8-6-12-7-10(8)11(13)5-9-3-2-4-9/h8-10,12H,2-7H2,1H3. The summed E-state index contributed by atoms with van der Waals surface area (Å²) in [6.45, 7) is 4.14. The van der Waals surface area contributed by atoms with Gasteiger partial charge in [0.25, 0.3) is 0 Å². The van der Waals surface area contributed by atoms with E-state index in [4.69, 9.17) is 0 Å². The summed E-state index contributed by atoms with van der Waals surface area (Å²) in [7, 11) is 0. The SMILES string of the molecule is CC1CNCC1C(=O)CC1CCC1. The maximum Gasteiger partial charge on any atom is 0.137 e. The van der Waals surface area contributed by atoms with E-state index in [-0.39, 0.29) is 0 Å². The summed E-state index contributed by atoms with van der Waals surface area (Å²) in [5.41, 5.74) is 0. The molecule has 1 saturated heterocycles. The van der Waals surface area contributed by atoms with Crippen LogP contribution in [0.1, 0.15) is 32.6 Å². The van der Waals surface area contributed by atoms with Gasteiger partial charge in [-0.05, 0) is 18.4 Å². The summed E-state index contributed by atoms with van der Waals surface area (Å²) in [6.07, 6.45) is 4.79. The minimum atomic E-state index is 0.320. The van der Waals surface area contributed by atoms with E-state index in [1.807, 2.05) is 0 Å². The van der Waals surface area contributed by atoms with Gasteiger partial charge >= 0.3 is 0 Å². The number of rotatable bonds is 3. The van der Waals surface area contributed by atoms with E-state index in [0.29, 0.717) is 17.6 Å². The molecule has 74 valence electrons. The van der Waals surface area contributed by atoms with Crippen molar-refractivity contribution in [2.75, 3.05) is 13.1 Å².